The van der Waals surface area contributed by atoms with E-state index in [0.29, 0.717) is 33.9 Å². The summed E-state index contributed by atoms with van der Waals surface area (Å²) < 4.78 is 32.7. The highest BCUT2D eigenvalue weighted by Crippen LogP contribution is 2.36. The fourth-order valence-electron chi connectivity index (χ4n) is 4.67. The lowest BCUT2D eigenvalue weighted by molar-refractivity contribution is -0.00198. The van der Waals surface area contributed by atoms with Crippen molar-refractivity contribution in [2.75, 3.05) is 12.4 Å². The van der Waals surface area contributed by atoms with Crippen LogP contribution in [0.5, 0.6) is 5.88 Å². The number of hydrogen-bond acceptors (Lipinski definition) is 7. The van der Waals surface area contributed by atoms with Gasteiger partial charge in [-0.2, -0.15) is 9.97 Å². The van der Waals surface area contributed by atoms with Gasteiger partial charge in [0.15, 0.2) is 0 Å². The van der Waals surface area contributed by atoms with Gasteiger partial charge in [-0.1, -0.05) is 18.2 Å². The lowest BCUT2D eigenvalue weighted by atomic mass is 9.80. The average Bonchev–Trinajstić information content (AvgIpc) is 3.44. The number of ether oxygens (including phenoxy) is 1. The number of fused-ring (bicyclic) bond motifs is 2. The predicted octanol–water partition coefficient (Wildman–Crippen LogP) is 4.14. The minimum Gasteiger partial charge on any atom is -0.480 e. The Labute approximate surface area is 194 Å². The molecule has 3 N–H and O–H groups in total. The van der Waals surface area contributed by atoms with Crippen molar-refractivity contribution in [2.45, 2.75) is 63.6 Å². The average molecular weight is 472 g/mol. The molecule has 0 spiro atoms. The van der Waals surface area contributed by atoms with Crippen molar-refractivity contribution in [2.24, 2.45) is 0 Å². The fraction of sp³-hybridized carbons (Fsp3) is 0.478. The Hall–Kier alpha value is -3.34. The van der Waals surface area contributed by atoms with Gasteiger partial charge in [-0.3, -0.25) is 0 Å². The molecule has 0 bridgehead atoms. The summed E-state index contributed by atoms with van der Waals surface area (Å²) >= 11 is 0. The SMILES string of the molecule is CCC1(O)CCC(Nc2nc(OC)c3c(-c4ccc5nnn(CC(F)F)c5c4)c[nH]c3n2)CC1. The molecular weight excluding hydrogens is 444 g/mol. The van der Waals surface area contributed by atoms with Gasteiger partial charge in [-0.25, -0.2) is 13.5 Å². The summed E-state index contributed by atoms with van der Waals surface area (Å²) in [6.07, 6.45) is 3.19. The van der Waals surface area contributed by atoms with Gasteiger partial charge in [0.25, 0.3) is 6.43 Å². The van der Waals surface area contributed by atoms with Crippen LogP contribution in [0.2, 0.25) is 0 Å². The van der Waals surface area contributed by atoms with Crippen molar-refractivity contribution in [3.05, 3.63) is 24.4 Å². The number of aromatic nitrogens is 6. The minimum atomic E-state index is -2.53. The van der Waals surface area contributed by atoms with E-state index in [1.807, 2.05) is 13.0 Å². The zero-order valence-corrected chi connectivity index (χ0v) is 19.1. The van der Waals surface area contributed by atoms with Crippen molar-refractivity contribution in [1.82, 2.24) is 29.9 Å². The van der Waals surface area contributed by atoms with Crippen molar-refractivity contribution in [1.29, 1.82) is 0 Å². The number of aliphatic hydroxyl groups is 1. The van der Waals surface area contributed by atoms with E-state index in [4.69, 9.17) is 4.74 Å². The monoisotopic (exact) mass is 471 g/mol. The standard InChI is InChI=1S/C23H27F2N7O2/c1-3-23(33)8-6-14(7-9-23)27-22-28-20-19(21(29-22)34-2)15(11-26-20)13-4-5-16-17(10-13)32(31-30-16)12-18(24)25/h4-5,10-11,14,18,33H,3,6-9,12H2,1-2H3,(H2,26,27,28,29). The van der Waals surface area contributed by atoms with E-state index in [2.05, 4.69) is 30.6 Å². The Morgan fingerprint density at radius 3 is 2.79 bits per heavy atom. The van der Waals surface area contributed by atoms with Crippen molar-refractivity contribution in [3.8, 4) is 17.0 Å². The van der Waals surface area contributed by atoms with Gasteiger partial charge in [0, 0.05) is 17.8 Å². The molecule has 9 nitrogen and oxygen atoms in total. The number of methoxy groups -OCH3 is 1. The molecule has 1 fully saturated rings. The summed E-state index contributed by atoms with van der Waals surface area (Å²) in [6, 6.07) is 5.56. The van der Waals surface area contributed by atoms with Gasteiger partial charge in [0.2, 0.25) is 11.8 Å². The number of rotatable bonds is 7. The number of alkyl halides is 2. The number of nitrogens with zero attached hydrogens (tertiary/aromatic N) is 5. The Balaban J connectivity index is 1.46. The highest BCUT2D eigenvalue weighted by Gasteiger charge is 2.32. The smallest absolute Gasteiger partial charge is 0.258 e. The van der Waals surface area contributed by atoms with Gasteiger partial charge in [0.1, 0.15) is 17.7 Å². The van der Waals surface area contributed by atoms with E-state index in [0.717, 1.165) is 43.2 Å². The number of anilines is 1. The van der Waals surface area contributed by atoms with Crippen LogP contribution in [0.3, 0.4) is 0 Å². The van der Waals surface area contributed by atoms with E-state index >= 15 is 0 Å². The Morgan fingerprint density at radius 2 is 2.09 bits per heavy atom. The second kappa shape index (κ2) is 8.79. The maximum Gasteiger partial charge on any atom is 0.258 e. The van der Waals surface area contributed by atoms with E-state index in [1.165, 1.54) is 4.68 Å². The minimum absolute atomic E-state index is 0.174. The van der Waals surface area contributed by atoms with Crippen LogP contribution in [0, 0.1) is 0 Å². The number of nitrogens with one attached hydrogen (secondary N) is 2. The maximum absolute atomic E-state index is 12.9. The fourth-order valence-corrected chi connectivity index (χ4v) is 4.67. The summed E-state index contributed by atoms with van der Waals surface area (Å²) in [6.45, 7) is 1.49. The molecule has 0 atom stereocenters. The number of hydrogen-bond donors (Lipinski definition) is 3. The highest BCUT2D eigenvalue weighted by atomic mass is 19.3. The molecule has 0 unspecified atom stereocenters. The third-order valence-corrected chi connectivity index (χ3v) is 6.74. The normalized spacial score (nSPS) is 20.9. The lowest BCUT2D eigenvalue weighted by Gasteiger charge is -2.35. The molecule has 0 saturated heterocycles. The van der Waals surface area contributed by atoms with Crippen LogP contribution < -0.4 is 10.1 Å². The summed E-state index contributed by atoms with van der Waals surface area (Å²) in [7, 11) is 1.55. The summed E-state index contributed by atoms with van der Waals surface area (Å²) in [4.78, 5) is 12.4. The molecule has 5 rings (SSSR count). The topological polar surface area (TPSA) is 114 Å². The van der Waals surface area contributed by atoms with Gasteiger partial charge >= 0.3 is 0 Å². The van der Waals surface area contributed by atoms with Gasteiger partial charge in [-0.05, 0) is 49.8 Å². The van der Waals surface area contributed by atoms with Crippen LogP contribution in [0.25, 0.3) is 33.2 Å². The summed E-state index contributed by atoms with van der Waals surface area (Å²) in [5.41, 5.74) is 2.66. The van der Waals surface area contributed by atoms with Gasteiger partial charge in [0.05, 0.1) is 23.6 Å². The zero-order valence-electron chi connectivity index (χ0n) is 19.1. The molecule has 4 aromatic rings. The Bertz CT molecular complexity index is 1310. The number of H-pyrrole nitrogens is 1. The molecule has 1 saturated carbocycles. The van der Waals surface area contributed by atoms with Crippen molar-refractivity contribution in [3.63, 3.8) is 0 Å². The molecule has 180 valence electrons. The quantitative estimate of drug-likeness (QED) is 0.371. The predicted molar refractivity (Wildman–Crippen MR) is 124 cm³/mol. The number of halogens is 2. The largest absolute Gasteiger partial charge is 0.480 e. The first-order chi connectivity index (χ1) is 16.4. The number of aromatic amines is 1. The molecular formula is C23H27F2N7O2. The van der Waals surface area contributed by atoms with E-state index in [1.54, 1.807) is 25.4 Å². The van der Waals surface area contributed by atoms with Crippen LogP contribution >= 0.6 is 0 Å². The second-order valence-electron chi connectivity index (χ2n) is 8.85. The molecule has 0 amide bonds. The molecule has 3 heterocycles. The second-order valence-corrected chi connectivity index (χ2v) is 8.85. The molecule has 0 radical (unpaired) electrons. The van der Waals surface area contributed by atoms with Crippen LogP contribution in [0.1, 0.15) is 39.0 Å². The first-order valence-corrected chi connectivity index (χ1v) is 11.4. The Kier molecular flexibility index (Phi) is 5.80. The molecule has 34 heavy (non-hydrogen) atoms. The molecule has 11 heteroatoms. The van der Waals surface area contributed by atoms with E-state index in [-0.39, 0.29) is 6.04 Å². The Morgan fingerprint density at radius 1 is 1.29 bits per heavy atom. The molecule has 3 aromatic heterocycles. The first-order valence-electron chi connectivity index (χ1n) is 11.4. The maximum atomic E-state index is 12.9. The third kappa shape index (κ3) is 4.15. The van der Waals surface area contributed by atoms with Gasteiger partial charge in [-0.15, -0.1) is 5.10 Å². The van der Waals surface area contributed by atoms with Crippen LogP contribution in [-0.2, 0) is 6.54 Å². The summed E-state index contributed by atoms with van der Waals surface area (Å²) in [5.74, 6) is 0.864. The summed E-state index contributed by atoms with van der Waals surface area (Å²) in [5, 5.41) is 22.4. The molecule has 1 aliphatic carbocycles. The molecule has 1 aliphatic rings. The first kappa shape index (κ1) is 22.5. The zero-order chi connectivity index (χ0) is 23.9. The number of benzene rings is 1. The van der Waals surface area contributed by atoms with Crippen LogP contribution in [-0.4, -0.2) is 60.2 Å². The van der Waals surface area contributed by atoms with E-state index < -0.39 is 18.6 Å². The van der Waals surface area contributed by atoms with E-state index in [9.17, 15) is 13.9 Å². The highest BCUT2D eigenvalue weighted by molar-refractivity contribution is 5.99. The third-order valence-electron chi connectivity index (χ3n) is 6.74. The van der Waals surface area contributed by atoms with Crippen LogP contribution in [0.15, 0.2) is 24.4 Å². The lowest BCUT2D eigenvalue weighted by Crippen LogP contribution is -2.38. The molecule has 1 aromatic carbocycles. The van der Waals surface area contributed by atoms with Crippen molar-refractivity contribution < 1.29 is 18.6 Å². The van der Waals surface area contributed by atoms with Gasteiger partial charge < -0.3 is 20.1 Å². The van der Waals surface area contributed by atoms with Crippen LogP contribution in [0.4, 0.5) is 14.7 Å². The molecule has 0 aliphatic heterocycles. The van der Waals surface area contributed by atoms with Crippen molar-refractivity contribution >= 4 is 28.0 Å².